The molecule has 1 aliphatic rings. The van der Waals surface area contributed by atoms with Gasteiger partial charge in [0.1, 0.15) is 22.9 Å². The molecule has 1 aliphatic heterocycles. The number of hydrogen-bond donors (Lipinski definition) is 3. The first kappa shape index (κ1) is 17.5. The number of rotatable bonds is 4. The van der Waals surface area contributed by atoms with E-state index in [2.05, 4.69) is 15.7 Å². The van der Waals surface area contributed by atoms with Crippen LogP contribution in [0.4, 0.5) is 15.9 Å². The molecule has 0 bridgehead atoms. The molecular weight excluding hydrogens is 363 g/mol. The van der Waals surface area contributed by atoms with Crippen molar-refractivity contribution in [1.29, 1.82) is 0 Å². The van der Waals surface area contributed by atoms with E-state index >= 15 is 0 Å². The number of amides is 1. The Labute approximate surface area is 159 Å². The maximum absolute atomic E-state index is 13.3. The average Bonchev–Trinajstić information content (AvgIpc) is 3.13. The number of halogens is 1. The minimum Gasteiger partial charge on any atom is -0.477 e. The molecule has 2 aromatic carbocycles. The van der Waals surface area contributed by atoms with Gasteiger partial charge in [0.2, 0.25) is 0 Å². The summed E-state index contributed by atoms with van der Waals surface area (Å²) in [5.74, 6) is -1.75. The van der Waals surface area contributed by atoms with Crippen LogP contribution in [0.1, 0.15) is 22.0 Å². The fourth-order valence-corrected chi connectivity index (χ4v) is 3.00. The Balaban J connectivity index is 1.73. The lowest BCUT2D eigenvalue weighted by atomic mass is 10.0. The second kappa shape index (κ2) is 6.99. The van der Waals surface area contributed by atoms with Crippen molar-refractivity contribution < 1.29 is 19.1 Å². The normalized spacial score (nSPS) is 15.2. The van der Waals surface area contributed by atoms with Gasteiger partial charge in [-0.15, -0.1) is 0 Å². The van der Waals surface area contributed by atoms with Gasteiger partial charge in [-0.05, 0) is 35.9 Å². The molecule has 8 heteroatoms. The standard InChI is InChI=1S/C20H15FN4O3/c21-13-8-6-12(7-9-13)17-10-16(20(27)28)24-18-15(11-22-25(17)18)19(26)23-14-4-2-1-3-5-14/h1-11,17,24H,(H,23,26)(H,27,28)/t17-/m1/s1. The quantitative estimate of drug-likeness (QED) is 0.648. The summed E-state index contributed by atoms with van der Waals surface area (Å²) in [4.78, 5) is 24.3. The Morgan fingerprint density at radius 3 is 2.50 bits per heavy atom. The first-order valence-corrected chi connectivity index (χ1v) is 8.44. The van der Waals surface area contributed by atoms with Gasteiger partial charge in [-0.25, -0.2) is 13.9 Å². The first-order valence-electron chi connectivity index (χ1n) is 8.44. The number of aromatic nitrogens is 2. The summed E-state index contributed by atoms with van der Waals surface area (Å²) in [6.07, 6.45) is 2.84. The van der Waals surface area contributed by atoms with E-state index in [0.717, 1.165) is 0 Å². The molecule has 1 aromatic heterocycles. The number of carbonyl (C=O) groups excluding carboxylic acids is 1. The van der Waals surface area contributed by atoms with Crippen LogP contribution in [0.5, 0.6) is 0 Å². The van der Waals surface area contributed by atoms with Crippen molar-refractivity contribution in [1.82, 2.24) is 9.78 Å². The van der Waals surface area contributed by atoms with E-state index in [1.165, 1.54) is 29.1 Å². The van der Waals surface area contributed by atoms with Gasteiger partial charge >= 0.3 is 5.97 Å². The van der Waals surface area contributed by atoms with Crippen LogP contribution >= 0.6 is 0 Å². The van der Waals surface area contributed by atoms with Crippen LogP contribution in [0, 0.1) is 5.82 Å². The van der Waals surface area contributed by atoms with E-state index in [0.29, 0.717) is 11.3 Å². The van der Waals surface area contributed by atoms with Gasteiger partial charge in [-0.3, -0.25) is 4.79 Å². The minimum absolute atomic E-state index is 0.0870. The number of carboxylic acids is 1. The van der Waals surface area contributed by atoms with E-state index in [1.807, 2.05) is 6.07 Å². The lowest BCUT2D eigenvalue weighted by Crippen LogP contribution is -2.25. The largest absolute Gasteiger partial charge is 0.477 e. The number of carboxylic acid groups (broad SMARTS) is 1. The number of fused-ring (bicyclic) bond motifs is 1. The van der Waals surface area contributed by atoms with Crippen LogP contribution < -0.4 is 10.6 Å². The van der Waals surface area contributed by atoms with E-state index in [4.69, 9.17) is 0 Å². The summed E-state index contributed by atoms with van der Waals surface area (Å²) in [5, 5.41) is 19.2. The van der Waals surface area contributed by atoms with Crippen LogP contribution in [0.3, 0.4) is 0 Å². The smallest absolute Gasteiger partial charge is 0.352 e. The summed E-state index contributed by atoms with van der Waals surface area (Å²) in [7, 11) is 0. The van der Waals surface area contributed by atoms with E-state index < -0.39 is 23.7 Å². The zero-order chi connectivity index (χ0) is 19.7. The topological polar surface area (TPSA) is 96.2 Å². The molecule has 28 heavy (non-hydrogen) atoms. The number of hydrogen-bond acceptors (Lipinski definition) is 4. The second-order valence-electron chi connectivity index (χ2n) is 6.18. The SMILES string of the molecule is O=C(O)C1=C[C@H](c2ccc(F)cc2)n2ncc(C(=O)Nc3ccccc3)c2N1. The first-order chi connectivity index (χ1) is 13.5. The highest BCUT2D eigenvalue weighted by Crippen LogP contribution is 2.32. The van der Waals surface area contributed by atoms with Crippen LogP contribution in [-0.2, 0) is 4.79 Å². The molecule has 1 atom stereocenters. The third-order valence-corrected chi connectivity index (χ3v) is 4.35. The Hall–Kier alpha value is -3.94. The van der Waals surface area contributed by atoms with Crippen LogP contribution in [0.25, 0.3) is 0 Å². The number of nitrogens with zero attached hydrogens (tertiary/aromatic N) is 2. The highest BCUT2D eigenvalue weighted by molar-refractivity contribution is 6.08. The van der Waals surface area contributed by atoms with E-state index in [-0.39, 0.29) is 17.1 Å². The fourth-order valence-electron chi connectivity index (χ4n) is 3.00. The molecule has 0 saturated heterocycles. The predicted molar refractivity (Wildman–Crippen MR) is 101 cm³/mol. The molecule has 0 fully saturated rings. The van der Waals surface area contributed by atoms with E-state index in [1.54, 1.807) is 36.4 Å². The summed E-state index contributed by atoms with van der Waals surface area (Å²) in [6, 6.07) is 14.0. The van der Waals surface area contributed by atoms with Gasteiger partial charge in [0, 0.05) is 5.69 Å². The molecule has 0 unspecified atom stereocenters. The lowest BCUT2D eigenvalue weighted by molar-refractivity contribution is -0.132. The monoisotopic (exact) mass is 378 g/mol. The van der Waals surface area contributed by atoms with Crippen LogP contribution in [0.15, 0.2) is 72.6 Å². The van der Waals surface area contributed by atoms with Crippen molar-refractivity contribution in [2.24, 2.45) is 0 Å². The molecule has 2 heterocycles. The number of anilines is 2. The number of allylic oxidation sites excluding steroid dienone is 1. The third kappa shape index (κ3) is 3.23. The average molecular weight is 378 g/mol. The Bertz CT molecular complexity index is 1070. The van der Waals surface area contributed by atoms with Crippen molar-refractivity contribution >= 4 is 23.4 Å². The van der Waals surface area contributed by atoms with Gasteiger partial charge in [0.25, 0.3) is 5.91 Å². The summed E-state index contributed by atoms with van der Waals surface area (Å²) in [6.45, 7) is 0. The summed E-state index contributed by atoms with van der Waals surface area (Å²) >= 11 is 0. The third-order valence-electron chi connectivity index (χ3n) is 4.35. The molecule has 0 saturated carbocycles. The van der Waals surface area contributed by atoms with Crippen molar-refractivity contribution in [2.45, 2.75) is 6.04 Å². The molecule has 1 amide bonds. The molecular formula is C20H15FN4O3. The van der Waals surface area contributed by atoms with Gasteiger partial charge in [0.15, 0.2) is 0 Å². The number of carbonyl (C=O) groups is 2. The van der Waals surface area contributed by atoms with Gasteiger partial charge in [0.05, 0.1) is 12.2 Å². The van der Waals surface area contributed by atoms with Crippen molar-refractivity contribution in [3.63, 3.8) is 0 Å². The van der Waals surface area contributed by atoms with Crippen molar-refractivity contribution in [3.8, 4) is 0 Å². The van der Waals surface area contributed by atoms with Crippen molar-refractivity contribution in [2.75, 3.05) is 10.6 Å². The summed E-state index contributed by atoms with van der Waals surface area (Å²) < 4.78 is 14.8. The summed E-state index contributed by atoms with van der Waals surface area (Å²) in [5.41, 5.74) is 1.35. The van der Waals surface area contributed by atoms with Crippen LogP contribution in [0.2, 0.25) is 0 Å². The number of para-hydroxylation sites is 1. The molecule has 0 spiro atoms. The second-order valence-corrected chi connectivity index (χ2v) is 6.18. The van der Waals surface area contributed by atoms with E-state index in [9.17, 15) is 19.1 Å². The minimum atomic E-state index is -1.17. The molecule has 4 rings (SSSR count). The highest BCUT2D eigenvalue weighted by atomic mass is 19.1. The van der Waals surface area contributed by atoms with Gasteiger partial charge in [-0.1, -0.05) is 30.3 Å². The maximum atomic E-state index is 13.3. The van der Waals surface area contributed by atoms with Crippen LogP contribution in [-0.4, -0.2) is 26.8 Å². The molecule has 3 aromatic rings. The zero-order valence-electron chi connectivity index (χ0n) is 14.5. The maximum Gasteiger partial charge on any atom is 0.352 e. The Kier molecular flexibility index (Phi) is 4.36. The highest BCUT2D eigenvalue weighted by Gasteiger charge is 2.29. The predicted octanol–water partition coefficient (Wildman–Crippen LogP) is 3.26. The lowest BCUT2D eigenvalue weighted by Gasteiger charge is -2.24. The van der Waals surface area contributed by atoms with Gasteiger partial charge < -0.3 is 15.7 Å². The molecule has 7 nitrogen and oxygen atoms in total. The fraction of sp³-hybridized carbons (Fsp3) is 0.0500. The molecule has 3 N–H and O–H groups in total. The van der Waals surface area contributed by atoms with Crippen molar-refractivity contribution in [3.05, 3.63) is 89.5 Å². The molecule has 0 aliphatic carbocycles. The molecule has 140 valence electrons. The zero-order valence-corrected chi connectivity index (χ0v) is 14.5. The number of aliphatic carboxylic acids is 1. The Morgan fingerprint density at radius 2 is 1.82 bits per heavy atom. The van der Waals surface area contributed by atoms with Gasteiger partial charge in [-0.2, -0.15) is 5.10 Å². The number of benzene rings is 2. The number of nitrogens with one attached hydrogen (secondary N) is 2. The Morgan fingerprint density at radius 1 is 1.11 bits per heavy atom. The molecule has 0 radical (unpaired) electrons.